The van der Waals surface area contributed by atoms with Crippen molar-refractivity contribution >= 4 is 15.4 Å². The van der Waals surface area contributed by atoms with Gasteiger partial charge in [-0.15, -0.1) is 0 Å². The van der Waals surface area contributed by atoms with Crippen molar-refractivity contribution < 1.29 is 26.0 Å². The molecule has 0 fully saturated rings. The van der Waals surface area contributed by atoms with Crippen LogP contribution in [0, 0.1) is 5.82 Å². The fourth-order valence-corrected chi connectivity index (χ4v) is 3.81. The summed E-state index contributed by atoms with van der Waals surface area (Å²) in [5.41, 5.74) is 1.47. The molecule has 0 unspecified atom stereocenters. The number of nitrogens with zero attached hydrogens (tertiary/aromatic N) is 2. The Balaban J connectivity index is 1.98. The summed E-state index contributed by atoms with van der Waals surface area (Å²) in [4.78, 5) is 0.116. The zero-order valence-corrected chi connectivity index (χ0v) is 16.3. The molecule has 4 aromatic rings. The van der Waals surface area contributed by atoms with Crippen molar-refractivity contribution in [1.29, 1.82) is 0 Å². The Bertz CT molecular complexity index is 1340. The van der Waals surface area contributed by atoms with Crippen molar-refractivity contribution in [2.24, 2.45) is 0 Å². The second kappa shape index (κ2) is 6.94. The van der Waals surface area contributed by atoms with Gasteiger partial charge >= 0.3 is 6.18 Å². The first-order valence-corrected chi connectivity index (χ1v) is 10.6. The first-order valence-electron chi connectivity index (χ1n) is 8.70. The van der Waals surface area contributed by atoms with Crippen LogP contribution in [0.2, 0.25) is 0 Å². The molecule has 0 saturated heterocycles. The monoisotopic (exact) mass is 434 g/mol. The molecule has 2 aromatic heterocycles. The standard InChI is InChI=1S/C21H14F4N2O2S/c1-30(28,29)17-9-4-13(5-10-17)19-18-11-6-15(21(23,24)25)12-27(18)26-20(19)14-2-7-16(22)8-3-14/h2-12H,1H3. The van der Waals surface area contributed by atoms with Crippen LogP contribution in [-0.2, 0) is 16.0 Å². The number of benzene rings is 2. The predicted molar refractivity (Wildman–Crippen MR) is 104 cm³/mol. The van der Waals surface area contributed by atoms with Crippen molar-refractivity contribution in [2.45, 2.75) is 11.1 Å². The molecule has 30 heavy (non-hydrogen) atoms. The van der Waals surface area contributed by atoms with Gasteiger partial charge in [0.2, 0.25) is 0 Å². The minimum atomic E-state index is -4.53. The van der Waals surface area contributed by atoms with Crippen molar-refractivity contribution in [2.75, 3.05) is 6.26 Å². The third kappa shape index (κ3) is 3.68. The number of hydrogen-bond acceptors (Lipinski definition) is 3. The molecular formula is C21H14F4N2O2S. The number of alkyl halides is 3. The SMILES string of the molecule is CS(=O)(=O)c1ccc(-c2c(-c3ccc(F)cc3)nn3cc(C(F)(F)F)ccc23)cc1. The molecule has 2 heterocycles. The van der Waals surface area contributed by atoms with E-state index in [4.69, 9.17) is 0 Å². The lowest BCUT2D eigenvalue weighted by Crippen LogP contribution is -2.06. The highest BCUT2D eigenvalue weighted by molar-refractivity contribution is 7.90. The molecule has 2 aromatic carbocycles. The van der Waals surface area contributed by atoms with Crippen molar-refractivity contribution in [1.82, 2.24) is 9.61 Å². The molecule has 154 valence electrons. The first-order chi connectivity index (χ1) is 14.0. The molecular weight excluding hydrogens is 420 g/mol. The summed E-state index contributed by atoms with van der Waals surface area (Å²) in [7, 11) is -3.41. The number of sulfone groups is 1. The summed E-state index contributed by atoms with van der Waals surface area (Å²) in [5, 5.41) is 4.31. The largest absolute Gasteiger partial charge is 0.417 e. The zero-order chi connectivity index (χ0) is 21.7. The highest BCUT2D eigenvalue weighted by Crippen LogP contribution is 2.37. The minimum Gasteiger partial charge on any atom is -0.239 e. The van der Waals surface area contributed by atoms with Gasteiger partial charge in [-0.1, -0.05) is 12.1 Å². The smallest absolute Gasteiger partial charge is 0.239 e. The van der Waals surface area contributed by atoms with Crippen LogP contribution in [0.3, 0.4) is 0 Å². The normalized spacial score (nSPS) is 12.4. The van der Waals surface area contributed by atoms with Gasteiger partial charge in [0.05, 0.1) is 16.0 Å². The van der Waals surface area contributed by atoms with Crippen LogP contribution in [0.25, 0.3) is 27.9 Å². The number of rotatable bonds is 3. The summed E-state index contributed by atoms with van der Waals surface area (Å²) in [5.74, 6) is -0.457. The van der Waals surface area contributed by atoms with Crippen LogP contribution < -0.4 is 0 Å². The van der Waals surface area contributed by atoms with Crippen LogP contribution >= 0.6 is 0 Å². The van der Waals surface area contributed by atoms with E-state index in [1.165, 1.54) is 42.5 Å². The first kappa shape index (κ1) is 20.1. The van der Waals surface area contributed by atoms with Gasteiger partial charge in [0, 0.05) is 23.6 Å². The van der Waals surface area contributed by atoms with E-state index in [9.17, 15) is 26.0 Å². The van der Waals surface area contributed by atoms with E-state index in [0.717, 1.165) is 23.0 Å². The Hall–Kier alpha value is -3.20. The van der Waals surface area contributed by atoms with Gasteiger partial charge in [0.25, 0.3) is 0 Å². The molecule has 0 radical (unpaired) electrons. The van der Waals surface area contributed by atoms with Gasteiger partial charge in [-0.2, -0.15) is 18.3 Å². The van der Waals surface area contributed by atoms with Gasteiger partial charge in [-0.05, 0) is 54.1 Å². The average molecular weight is 434 g/mol. The van der Waals surface area contributed by atoms with Gasteiger partial charge in [0.15, 0.2) is 9.84 Å². The molecule has 4 nitrogen and oxygen atoms in total. The van der Waals surface area contributed by atoms with Gasteiger partial charge in [0.1, 0.15) is 11.5 Å². The van der Waals surface area contributed by atoms with Crippen molar-refractivity contribution in [3.63, 3.8) is 0 Å². The zero-order valence-electron chi connectivity index (χ0n) is 15.5. The molecule has 0 saturated carbocycles. The molecule has 9 heteroatoms. The second-order valence-electron chi connectivity index (χ2n) is 6.77. The second-order valence-corrected chi connectivity index (χ2v) is 8.79. The van der Waals surface area contributed by atoms with Gasteiger partial charge in [-0.25, -0.2) is 17.3 Å². The van der Waals surface area contributed by atoms with E-state index < -0.39 is 27.4 Å². The van der Waals surface area contributed by atoms with E-state index >= 15 is 0 Å². The number of fused-ring (bicyclic) bond motifs is 1. The lowest BCUT2D eigenvalue weighted by molar-refractivity contribution is -0.137. The Morgan fingerprint density at radius 1 is 0.867 bits per heavy atom. The van der Waals surface area contributed by atoms with Crippen LogP contribution in [0.5, 0.6) is 0 Å². The number of hydrogen-bond donors (Lipinski definition) is 0. The Labute approximate surface area is 169 Å². The molecule has 0 N–H and O–H groups in total. The summed E-state index contributed by atoms with van der Waals surface area (Å²) in [6.45, 7) is 0. The highest BCUT2D eigenvalue weighted by atomic mass is 32.2. The fourth-order valence-electron chi connectivity index (χ4n) is 3.18. The Morgan fingerprint density at radius 3 is 2.03 bits per heavy atom. The summed E-state index contributed by atoms with van der Waals surface area (Å²) in [6.07, 6.45) is -2.57. The Morgan fingerprint density at radius 2 is 1.47 bits per heavy atom. The van der Waals surface area contributed by atoms with Crippen molar-refractivity contribution in [3.8, 4) is 22.4 Å². The minimum absolute atomic E-state index is 0.116. The van der Waals surface area contributed by atoms with E-state index in [-0.39, 0.29) is 4.90 Å². The topological polar surface area (TPSA) is 51.4 Å². The van der Waals surface area contributed by atoms with Gasteiger partial charge < -0.3 is 0 Å². The highest BCUT2D eigenvalue weighted by Gasteiger charge is 2.31. The average Bonchev–Trinajstić information content (AvgIpc) is 3.06. The molecule has 0 aliphatic carbocycles. The van der Waals surface area contributed by atoms with Crippen LogP contribution in [0.15, 0.2) is 71.8 Å². The summed E-state index contributed by atoms with van der Waals surface area (Å²) < 4.78 is 77.4. The molecule has 0 amide bonds. The van der Waals surface area contributed by atoms with Crippen LogP contribution in [0.1, 0.15) is 5.56 Å². The fraction of sp³-hybridized carbons (Fsp3) is 0.0952. The Kier molecular flexibility index (Phi) is 4.65. The quantitative estimate of drug-likeness (QED) is 0.415. The third-order valence-electron chi connectivity index (χ3n) is 4.65. The summed E-state index contributed by atoms with van der Waals surface area (Å²) in [6, 6.07) is 13.7. The van der Waals surface area contributed by atoms with E-state index in [2.05, 4.69) is 5.10 Å². The lowest BCUT2D eigenvalue weighted by atomic mass is 9.99. The predicted octanol–water partition coefficient (Wildman–Crippen LogP) is 5.23. The third-order valence-corrected chi connectivity index (χ3v) is 5.77. The maximum atomic E-state index is 13.4. The van der Waals surface area contributed by atoms with E-state index in [0.29, 0.717) is 27.9 Å². The molecule has 0 aliphatic heterocycles. The summed E-state index contributed by atoms with van der Waals surface area (Å²) >= 11 is 0. The van der Waals surface area contributed by atoms with E-state index in [1.807, 2.05) is 0 Å². The molecule has 0 bridgehead atoms. The van der Waals surface area contributed by atoms with Crippen LogP contribution in [0.4, 0.5) is 17.6 Å². The maximum absolute atomic E-state index is 13.4. The van der Waals surface area contributed by atoms with Gasteiger partial charge in [-0.3, -0.25) is 0 Å². The molecule has 0 aliphatic rings. The molecule has 0 spiro atoms. The molecule has 0 atom stereocenters. The molecule has 4 rings (SSSR count). The maximum Gasteiger partial charge on any atom is 0.417 e. The van der Waals surface area contributed by atoms with Crippen LogP contribution in [-0.4, -0.2) is 24.3 Å². The lowest BCUT2D eigenvalue weighted by Gasteiger charge is -2.07. The van der Waals surface area contributed by atoms with Crippen molar-refractivity contribution in [3.05, 3.63) is 78.2 Å². The number of halogens is 4. The van der Waals surface area contributed by atoms with E-state index in [1.54, 1.807) is 12.1 Å². The number of aromatic nitrogens is 2. The number of pyridine rings is 1.